The van der Waals surface area contributed by atoms with E-state index in [1.807, 2.05) is 0 Å². The van der Waals surface area contributed by atoms with E-state index in [-0.39, 0.29) is 5.57 Å². The Morgan fingerprint density at radius 2 is 2.06 bits per heavy atom. The molecule has 0 aromatic carbocycles. The van der Waals surface area contributed by atoms with E-state index >= 15 is 0 Å². The first-order chi connectivity index (χ1) is 7.25. The molecule has 0 spiro atoms. The minimum Gasteiger partial charge on any atom is -0.478 e. The third-order valence-electron chi connectivity index (χ3n) is 2.95. The molecule has 7 nitrogen and oxygen atoms in total. The van der Waals surface area contributed by atoms with Crippen molar-refractivity contribution >= 4 is 11.9 Å². The Labute approximate surface area is 94.0 Å². The van der Waals surface area contributed by atoms with Crippen molar-refractivity contribution in [1.29, 1.82) is 0 Å². The van der Waals surface area contributed by atoms with Crippen molar-refractivity contribution in [3.05, 3.63) is 11.3 Å². The number of carbonyl (C=O) groups is 1. The number of nitrogens with one attached hydrogen (secondary N) is 1. The highest BCUT2D eigenvalue weighted by atomic mass is 16.4. The van der Waals surface area contributed by atoms with E-state index in [1.54, 1.807) is 32.4 Å². The number of hydrazine groups is 2. The van der Waals surface area contributed by atoms with Crippen molar-refractivity contribution in [3.63, 3.8) is 0 Å². The Hall–Kier alpha value is -1.60. The smallest absolute Gasteiger partial charge is 0.369 e. The van der Waals surface area contributed by atoms with Gasteiger partial charge in [0.05, 0.1) is 12.7 Å². The van der Waals surface area contributed by atoms with Gasteiger partial charge in [0.15, 0.2) is 0 Å². The van der Waals surface area contributed by atoms with Crippen LogP contribution in [0.5, 0.6) is 0 Å². The Bertz CT molecular complexity index is 397. The van der Waals surface area contributed by atoms with Gasteiger partial charge in [0.25, 0.3) is 0 Å². The van der Waals surface area contributed by atoms with Crippen molar-refractivity contribution in [1.82, 2.24) is 10.5 Å². The minimum absolute atomic E-state index is 0.252. The van der Waals surface area contributed by atoms with Crippen molar-refractivity contribution in [2.75, 3.05) is 7.05 Å². The third kappa shape index (κ3) is 1.54. The van der Waals surface area contributed by atoms with Gasteiger partial charge in [-0.15, -0.1) is 5.53 Å². The SMILES string of the molecule is CC1=C(C(=O)O)C(C)(C)N(NN)C(N)=[N+]1C. The molecule has 0 saturated carbocycles. The topological polar surface area (TPSA) is 108 Å². The molecule has 7 heteroatoms. The fourth-order valence-corrected chi connectivity index (χ4v) is 1.97. The van der Waals surface area contributed by atoms with E-state index in [0.29, 0.717) is 11.7 Å². The lowest BCUT2D eigenvalue weighted by molar-refractivity contribution is -0.458. The summed E-state index contributed by atoms with van der Waals surface area (Å²) in [6.45, 7) is 5.19. The summed E-state index contributed by atoms with van der Waals surface area (Å²) >= 11 is 0. The molecule has 0 saturated heterocycles. The van der Waals surface area contributed by atoms with Crippen LogP contribution in [0.4, 0.5) is 0 Å². The molecule has 6 N–H and O–H groups in total. The van der Waals surface area contributed by atoms with E-state index in [2.05, 4.69) is 5.53 Å². The molecule has 0 amide bonds. The Morgan fingerprint density at radius 3 is 2.44 bits per heavy atom. The van der Waals surface area contributed by atoms with Crippen LogP contribution in [0.3, 0.4) is 0 Å². The normalized spacial score (nSPS) is 20.4. The quantitative estimate of drug-likeness (QED) is 0.268. The van der Waals surface area contributed by atoms with Gasteiger partial charge in [0, 0.05) is 0 Å². The zero-order valence-corrected chi connectivity index (χ0v) is 9.90. The summed E-state index contributed by atoms with van der Waals surface area (Å²) in [6, 6.07) is 0. The fourth-order valence-electron chi connectivity index (χ4n) is 1.97. The molecule has 0 atom stereocenters. The monoisotopic (exact) mass is 228 g/mol. The van der Waals surface area contributed by atoms with Gasteiger partial charge in [-0.25, -0.2) is 15.2 Å². The summed E-state index contributed by atoms with van der Waals surface area (Å²) in [4.78, 5) is 11.3. The van der Waals surface area contributed by atoms with Gasteiger partial charge in [-0.05, 0) is 20.8 Å². The number of nitrogens with two attached hydrogens (primary N) is 2. The Morgan fingerprint density at radius 1 is 1.56 bits per heavy atom. The van der Waals surface area contributed by atoms with Crippen LogP contribution < -0.4 is 17.1 Å². The van der Waals surface area contributed by atoms with Gasteiger partial charge < -0.3 is 5.11 Å². The lowest BCUT2D eigenvalue weighted by atomic mass is 9.90. The lowest BCUT2D eigenvalue weighted by Crippen LogP contribution is -2.66. The number of hydrogen-bond acceptors (Lipinski definition) is 5. The predicted octanol–water partition coefficient (Wildman–Crippen LogP) is -1.23. The zero-order valence-electron chi connectivity index (χ0n) is 9.90. The van der Waals surface area contributed by atoms with Crippen molar-refractivity contribution in [3.8, 4) is 0 Å². The molecule has 0 aliphatic carbocycles. The Kier molecular flexibility index (Phi) is 2.93. The molecule has 0 bridgehead atoms. The Balaban J connectivity index is 3.48. The van der Waals surface area contributed by atoms with Crippen LogP contribution in [0, 0.1) is 0 Å². The minimum atomic E-state index is -0.984. The molecule has 0 unspecified atom stereocenters. The van der Waals surface area contributed by atoms with Gasteiger partial charge in [0.1, 0.15) is 11.1 Å². The molecule has 0 fully saturated rings. The average molecular weight is 228 g/mol. The largest absolute Gasteiger partial charge is 0.478 e. The fraction of sp³-hybridized carbons (Fsp3) is 0.556. The van der Waals surface area contributed by atoms with E-state index in [9.17, 15) is 9.90 Å². The molecular weight excluding hydrogens is 210 g/mol. The van der Waals surface area contributed by atoms with Crippen molar-refractivity contribution in [2.24, 2.45) is 11.6 Å². The molecule has 1 rings (SSSR count). The number of allylic oxidation sites excluding steroid dienone is 1. The van der Waals surface area contributed by atoms with E-state index in [4.69, 9.17) is 11.6 Å². The summed E-state index contributed by atoms with van der Waals surface area (Å²) in [5, 5.41) is 10.7. The standard InChI is InChI=1S/C9H17N5O2/c1-5-6(7(15)16)9(2,3)14(12-11)8(10)13(5)4/h10,12H,11H2,1-4H3,(H,15,16)/p+1. The molecular formula is C9H18N5O2+. The first-order valence-electron chi connectivity index (χ1n) is 4.82. The van der Waals surface area contributed by atoms with Crippen LogP contribution in [0.25, 0.3) is 0 Å². The third-order valence-corrected chi connectivity index (χ3v) is 2.95. The maximum Gasteiger partial charge on any atom is 0.369 e. The van der Waals surface area contributed by atoms with E-state index in [0.717, 1.165) is 0 Å². The second-order valence-corrected chi connectivity index (χ2v) is 4.21. The first kappa shape index (κ1) is 12.5. The van der Waals surface area contributed by atoms with Crippen LogP contribution in [0.15, 0.2) is 11.3 Å². The number of hydrogen-bond donors (Lipinski definition) is 4. The highest BCUT2D eigenvalue weighted by Gasteiger charge is 2.46. The highest BCUT2D eigenvalue weighted by Crippen LogP contribution is 2.28. The second-order valence-electron chi connectivity index (χ2n) is 4.21. The molecule has 90 valence electrons. The van der Waals surface area contributed by atoms with Gasteiger partial charge in [-0.2, -0.15) is 5.01 Å². The van der Waals surface area contributed by atoms with Crippen LogP contribution >= 0.6 is 0 Å². The number of guanidine groups is 1. The van der Waals surface area contributed by atoms with Gasteiger partial charge >= 0.3 is 11.9 Å². The van der Waals surface area contributed by atoms with Crippen LogP contribution in [-0.2, 0) is 4.79 Å². The van der Waals surface area contributed by atoms with Crippen LogP contribution in [-0.4, -0.2) is 39.2 Å². The molecule has 0 radical (unpaired) electrons. The maximum absolute atomic E-state index is 11.3. The highest BCUT2D eigenvalue weighted by molar-refractivity contribution is 5.92. The summed E-state index contributed by atoms with van der Waals surface area (Å²) < 4.78 is 1.58. The summed E-state index contributed by atoms with van der Waals surface area (Å²) in [6.07, 6.45) is 0. The molecule has 1 heterocycles. The van der Waals surface area contributed by atoms with E-state index in [1.165, 1.54) is 5.01 Å². The average Bonchev–Trinajstić information content (AvgIpc) is 2.14. The second kappa shape index (κ2) is 3.76. The number of carboxylic acids is 1. The molecule has 0 aromatic heterocycles. The number of rotatable bonds is 2. The lowest BCUT2D eigenvalue weighted by Gasteiger charge is -2.37. The molecule has 1 aliphatic heterocycles. The predicted molar refractivity (Wildman–Crippen MR) is 59.0 cm³/mol. The molecule has 0 aromatic rings. The van der Waals surface area contributed by atoms with Gasteiger partial charge in [-0.1, -0.05) is 0 Å². The van der Waals surface area contributed by atoms with Crippen molar-refractivity contribution in [2.45, 2.75) is 26.3 Å². The summed E-state index contributed by atoms with van der Waals surface area (Å²) in [5.74, 6) is 4.74. The van der Waals surface area contributed by atoms with Gasteiger partial charge in [0.2, 0.25) is 0 Å². The summed E-state index contributed by atoms with van der Waals surface area (Å²) in [5.41, 5.74) is 8.30. The summed E-state index contributed by atoms with van der Waals surface area (Å²) in [7, 11) is 1.69. The molecule has 16 heavy (non-hydrogen) atoms. The van der Waals surface area contributed by atoms with Gasteiger partial charge in [-0.3, -0.25) is 5.73 Å². The molecule has 1 aliphatic rings. The van der Waals surface area contributed by atoms with Crippen molar-refractivity contribution < 1.29 is 14.5 Å². The zero-order chi connectivity index (χ0) is 12.7. The number of carboxylic acid groups (broad SMARTS) is 1. The number of aliphatic carboxylic acids is 1. The maximum atomic E-state index is 11.3. The number of nitrogens with zero attached hydrogens (tertiary/aromatic N) is 2. The van der Waals surface area contributed by atoms with Crippen LogP contribution in [0.2, 0.25) is 0 Å². The van der Waals surface area contributed by atoms with Crippen LogP contribution in [0.1, 0.15) is 20.8 Å². The first-order valence-corrected chi connectivity index (χ1v) is 4.82. The van der Waals surface area contributed by atoms with E-state index < -0.39 is 11.5 Å².